The molecule has 22 heavy (non-hydrogen) atoms. The largest absolute Gasteiger partial charge is 0.297 e. The Morgan fingerprint density at radius 3 is 2.55 bits per heavy atom. The van der Waals surface area contributed by atoms with E-state index in [4.69, 9.17) is 0 Å². The first kappa shape index (κ1) is 14.4. The fraction of sp³-hybridized carbons (Fsp3) is 0.118. The zero-order valence-electron chi connectivity index (χ0n) is 12.3. The predicted molar refractivity (Wildman–Crippen MR) is 89.2 cm³/mol. The van der Waals surface area contributed by atoms with Gasteiger partial charge in [0.1, 0.15) is 0 Å². The topological polar surface area (TPSA) is 54.9 Å². The van der Waals surface area contributed by atoms with Crippen molar-refractivity contribution in [3.8, 4) is 11.4 Å². The quantitative estimate of drug-likeness (QED) is 0.793. The van der Waals surface area contributed by atoms with E-state index in [9.17, 15) is 4.79 Å². The van der Waals surface area contributed by atoms with Gasteiger partial charge in [-0.25, -0.2) is 0 Å². The molecule has 0 fully saturated rings. The van der Waals surface area contributed by atoms with Gasteiger partial charge in [0.2, 0.25) is 5.13 Å². The zero-order valence-corrected chi connectivity index (χ0v) is 13.1. The van der Waals surface area contributed by atoms with Crippen LogP contribution in [0.15, 0.2) is 48.5 Å². The number of amides is 1. The third kappa shape index (κ3) is 3.20. The first-order chi connectivity index (χ1) is 10.6. The van der Waals surface area contributed by atoms with Gasteiger partial charge >= 0.3 is 0 Å². The number of hydrogen-bond acceptors (Lipinski definition) is 4. The smallest absolute Gasteiger partial charge is 0.257 e. The second kappa shape index (κ2) is 6.07. The second-order valence-electron chi connectivity index (χ2n) is 5.11. The lowest BCUT2D eigenvalue weighted by Crippen LogP contribution is -2.11. The van der Waals surface area contributed by atoms with Crippen molar-refractivity contribution in [2.45, 2.75) is 13.8 Å². The highest BCUT2D eigenvalue weighted by Crippen LogP contribution is 2.22. The summed E-state index contributed by atoms with van der Waals surface area (Å²) in [6, 6.07) is 15.4. The third-order valence-corrected chi connectivity index (χ3v) is 3.87. The zero-order chi connectivity index (χ0) is 15.5. The fourth-order valence-electron chi connectivity index (χ4n) is 2.05. The van der Waals surface area contributed by atoms with Crippen LogP contribution < -0.4 is 5.32 Å². The molecule has 0 unspecified atom stereocenters. The van der Waals surface area contributed by atoms with Crippen LogP contribution in [0.25, 0.3) is 11.4 Å². The van der Waals surface area contributed by atoms with Gasteiger partial charge in [-0.05, 0) is 26.0 Å². The molecule has 0 saturated heterocycles. The summed E-state index contributed by atoms with van der Waals surface area (Å²) in [5, 5.41) is 3.29. The summed E-state index contributed by atoms with van der Waals surface area (Å²) in [7, 11) is 0. The minimum atomic E-state index is -0.171. The first-order valence-electron chi connectivity index (χ1n) is 6.90. The molecule has 0 saturated carbocycles. The Balaban J connectivity index is 1.77. The number of aryl methyl sites for hydroxylation is 2. The van der Waals surface area contributed by atoms with Gasteiger partial charge in [0.15, 0.2) is 5.82 Å². The van der Waals surface area contributed by atoms with Crippen molar-refractivity contribution in [1.29, 1.82) is 0 Å². The van der Waals surface area contributed by atoms with Crippen molar-refractivity contribution in [3.63, 3.8) is 0 Å². The summed E-state index contributed by atoms with van der Waals surface area (Å²) < 4.78 is 4.30. The number of carbonyl (C=O) groups excluding carboxylic acids is 1. The molecule has 0 aliphatic carbocycles. The normalized spacial score (nSPS) is 10.5. The molecule has 1 aromatic heterocycles. The molecular weight excluding hydrogens is 294 g/mol. The van der Waals surface area contributed by atoms with E-state index in [1.807, 2.05) is 56.3 Å². The maximum Gasteiger partial charge on any atom is 0.257 e. The molecule has 5 heteroatoms. The van der Waals surface area contributed by atoms with Crippen molar-refractivity contribution in [2.75, 3.05) is 5.32 Å². The van der Waals surface area contributed by atoms with E-state index in [2.05, 4.69) is 14.7 Å². The summed E-state index contributed by atoms with van der Waals surface area (Å²) in [6.07, 6.45) is 0. The van der Waals surface area contributed by atoms with Gasteiger partial charge in [0.25, 0.3) is 5.91 Å². The van der Waals surface area contributed by atoms with E-state index < -0.39 is 0 Å². The molecule has 0 aliphatic rings. The molecule has 1 heterocycles. The summed E-state index contributed by atoms with van der Waals surface area (Å²) in [5.74, 6) is 0.458. The number of aromatic nitrogens is 2. The Morgan fingerprint density at radius 2 is 1.82 bits per heavy atom. The molecule has 1 N–H and O–H groups in total. The Labute approximate surface area is 133 Å². The minimum Gasteiger partial charge on any atom is -0.297 e. The Hall–Kier alpha value is -2.53. The lowest BCUT2D eigenvalue weighted by atomic mass is 10.1. The summed E-state index contributed by atoms with van der Waals surface area (Å²) >= 11 is 1.18. The average molecular weight is 309 g/mol. The van der Waals surface area contributed by atoms with Gasteiger partial charge in [-0.2, -0.15) is 9.36 Å². The number of hydrogen-bond donors (Lipinski definition) is 1. The van der Waals surface area contributed by atoms with E-state index in [-0.39, 0.29) is 5.91 Å². The maximum absolute atomic E-state index is 12.2. The van der Waals surface area contributed by atoms with Crippen LogP contribution >= 0.6 is 11.5 Å². The molecule has 3 rings (SSSR count). The van der Waals surface area contributed by atoms with Crippen molar-refractivity contribution in [1.82, 2.24) is 9.36 Å². The average Bonchev–Trinajstić information content (AvgIpc) is 2.96. The molecule has 2 aromatic carbocycles. The van der Waals surface area contributed by atoms with Crippen molar-refractivity contribution < 1.29 is 4.79 Å². The lowest BCUT2D eigenvalue weighted by molar-refractivity contribution is 0.102. The fourth-order valence-corrected chi connectivity index (χ4v) is 2.63. The van der Waals surface area contributed by atoms with Gasteiger partial charge in [-0.1, -0.05) is 47.5 Å². The molecule has 3 aromatic rings. The van der Waals surface area contributed by atoms with Gasteiger partial charge in [-0.15, -0.1) is 0 Å². The van der Waals surface area contributed by atoms with E-state index >= 15 is 0 Å². The van der Waals surface area contributed by atoms with Crippen LogP contribution in [-0.4, -0.2) is 15.3 Å². The van der Waals surface area contributed by atoms with Crippen LogP contribution in [0.1, 0.15) is 21.5 Å². The molecule has 0 atom stereocenters. The van der Waals surface area contributed by atoms with Gasteiger partial charge in [-0.3, -0.25) is 10.1 Å². The van der Waals surface area contributed by atoms with Gasteiger partial charge in [0.05, 0.1) is 0 Å². The van der Waals surface area contributed by atoms with E-state index in [1.165, 1.54) is 17.1 Å². The molecular formula is C17H15N3OS. The summed E-state index contributed by atoms with van der Waals surface area (Å²) in [4.78, 5) is 16.6. The van der Waals surface area contributed by atoms with Gasteiger partial charge in [0, 0.05) is 22.7 Å². The number of nitrogens with zero attached hydrogens (tertiary/aromatic N) is 2. The molecule has 0 spiro atoms. The Morgan fingerprint density at radius 1 is 1.05 bits per heavy atom. The number of carbonyl (C=O) groups is 1. The van der Waals surface area contributed by atoms with E-state index in [0.717, 1.165) is 11.1 Å². The predicted octanol–water partition coefficient (Wildman–Crippen LogP) is 4.07. The summed E-state index contributed by atoms with van der Waals surface area (Å²) in [6.45, 7) is 3.99. The number of nitrogens with one attached hydrogen (secondary N) is 1. The summed E-state index contributed by atoms with van der Waals surface area (Å²) in [5.41, 5.74) is 3.79. The van der Waals surface area contributed by atoms with Crippen molar-refractivity contribution >= 4 is 22.6 Å². The molecule has 0 bridgehead atoms. The molecule has 1 amide bonds. The van der Waals surface area contributed by atoms with Crippen LogP contribution in [0.3, 0.4) is 0 Å². The van der Waals surface area contributed by atoms with Crippen LogP contribution in [0, 0.1) is 13.8 Å². The van der Waals surface area contributed by atoms with Crippen LogP contribution in [0.5, 0.6) is 0 Å². The van der Waals surface area contributed by atoms with Crippen LogP contribution in [-0.2, 0) is 0 Å². The second-order valence-corrected chi connectivity index (χ2v) is 5.86. The van der Waals surface area contributed by atoms with E-state index in [0.29, 0.717) is 16.5 Å². The number of benzene rings is 2. The monoisotopic (exact) mass is 309 g/mol. The highest BCUT2D eigenvalue weighted by Gasteiger charge is 2.11. The van der Waals surface area contributed by atoms with E-state index in [1.54, 1.807) is 6.07 Å². The minimum absolute atomic E-state index is 0.171. The lowest BCUT2D eigenvalue weighted by Gasteiger charge is -2.02. The van der Waals surface area contributed by atoms with Crippen molar-refractivity contribution in [3.05, 3.63) is 65.2 Å². The van der Waals surface area contributed by atoms with Crippen LogP contribution in [0.4, 0.5) is 5.13 Å². The first-order valence-corrected chi connectivity index (χ1v) is 7.68. The molecule has 0 aliphatic heterocycles. The van der Waals surface area contributed by atoms with Crippen molar-refractivity contribution in [2.24, 2.45) is 0 Å². The molecule has 4 nitrogen and oxygen atoms in total. The highest BCUT2D eigenvalue weighted by atomic mass is 32.1. The maximum atomic E-state index is 12.2. The number of rotatable bonds is 3. The number of anilines is 1. The molecule has 0 radical (unpaired) electrons. The highest BCUT2D eigenvalue weighted by molar-refractivity contribution is 7.10. The molecule has 110 valence electrons. The van der Waals surface area contributed by atoms with Crippen LogP contribution in [0.2, 0.25) is 0 Å². The van der Waals surface area contributed by atoms with Gasteiger partial charge < -0.3 is 0 Å². The SMILES string of the molecule is Cc1ccc(-c2nsc(NC(=O)c3cccc(C)c3)n2)cc1. The third-order valence-electron chi connectivity index (χ3n) is 3.24. The standard InChI is InChI=1S/C17H15N3OS/c1-11-6-8-13(9-7-11)15-18-17(22-20-15)19-16(21)14-5-3-4-12(2)10-14/h3-10H,1-2H3,(H,18,19,20,21). The Kier molecular flexibility index (Phi) is 3.98. The Bertz CT molecular complexity index is 809.